The summed E-state index contributed by atoms with van der Waals surface area (Å²) in [7, 11) is 0. The third kappa shape index (κ3) is 3.76. The normalized spacial score (nSPS) is 29.6. The van der Waals surface area contributed by atoms with Crippen LogP contribution < -0.4 is 10.6 Å². The molecule has 0 aromatic rings. The highest BCUT2D eigenvalue weighted by atomic mass is 16.2. The Hall–Kier alpha value is -1.10. The van der Waals surface area contributed by atoms with Crippen molar-refractivity contribution in [2.24, 2.45) is 11.3 Å². The van der Waals surface area contributed by atoms with E-state index in [0.29, 0.717) is 18.4 Å². The fraction of sp³-hybridized carbons (Fsp3) is 0.895. The molecule has 0 spiro atoms. The molecule has 2 aliphatic heterocycles. The van der Waals surface area contributed by atoms with E-state index >= 15 is 0 Å². The molecule has 2 atom stereocenters. The van der Waals surface area contributed by atoms with Crippen molar-refractivity contribution in [1.82, 2.24) is 15.5 Å². The molecule has 0 aromatic heterocycles. The molecule has 2 N–H and O–H groups in total. The fourth-order valence-corrected chi connectivity index (χ4v) is 4.80. The summed E-state index contributed by atoms with van der Waals surface area (Å²) in [6.45, 7) is 5.54. The molecular weight excluding hydrogens is 302 g/mol. The summed E-state index contributed by atoms with van der Waals surface area (Å²) >= 11 is 0. The van der Waals surface area contributed by atoms with Crippen molar-refractivity contribution in [3.63, 3.8) is 0 Å². The van der Waals surface area contributed by atoms with Gasteiger partial charge in [-0.25, -0.2) is 0 Å². The summed E-state index contributed by atoms with van der Waals surface area (Å²) in [5, 5.41) is 6.35. The lowest BCUT2D eigenvalue weighted by atomic mass is 9.81. The van der Waals surface area contributed by atoms with Crippen LogP contribution in [0.1, 0.15) is 64.7 Å². The van der Waals surface area contributed by atoms with E-state index in [1.807, 2.05) is 0 Å². The van der Waals surface area contributed by atoms with Gasteiger partial charge in [-0.05, 0) is 57.4 Å². The number of hydrogen-bond donors (Lipinski definition) is 2. The molecule has 24 heavy (non-hydrogen) atoms. The van der Waals surface area contributed by atoms with Crippen LogP contribution in [0.5, 0.6) is 0 Å². The molecule has 2 heterocycles. The fourth-order valence-electron chi connectivity index (χ4n) is 4.80. The van der Waals surface area contributed by atoms with Gasteiger partial charge in [0.2, 0.25) is 11.8 Å². The number of amides is 2. The Morgan fingerprint density at radius 3 is 2.62 bits per heavy atom. The molecule has 0 aromatic carbocycles. The largest absolute Gasteiger partial charge is 0.354 e. The lowest BCUT2D eigenvalue weighted by molar-refractivity contribution is -0.144. The third-order valence-electron chi connectivity index (χ3n) is 6.44. The first-order valence-electron chi connectivity index (χ1n) is 9.95. The van der Waals surface area contributed by atoms with E-state index in [-0.39, 0.29) is 17.4 Å². The SMILES string of the molecule is CCC1(C(=O)N2CCCC(CNC(=O)C3CCCN3)C2)CCCC1. The number of carbonyl (C=O) groups excluding carboxylic acids is 2. The van der Waals surface area contributed by atoms with Gasteiger partial charge in [-0.15, -0.1) is 0 Å². The van der Waals surface area contributed by atoms with Crippen molar-refractivity contribution in [2.45, 2.75) is 70.8 Å². The predicted molar refractivity (Wildman–Crippen MR) is 94.5 cm³/mol. The van der Waals surface area contributed by atoms with Gasteiger partial charge in [-0.1, -0.05) is 19.8 Å². The van der Waals surface area contributed by atoms with Crippen LogP contribution in [0.3, 0.4) is 0 Å². The van der Waals surface area contributed by atoms with E-state index < -0.39 is 0 Å². The van der Waals surface area contributed by atoms with Crippen LogP contribution in [0, 0.1) is 11.3 Å². The molecule has 3 fully saturated rings. The number of nitrogens with zero attached hydrogens (tertiary/aromatic N) is 1. The second kappa shape index (κ2) is 7.85. The van der Waals surface area contributed by atoms with Gasteiger partial charge in [-0.2, -0.15) is 0 Å². The summed E-state index contributed by atoms with van der Waals surface area (Å²) in [4.78, 5) is 27.3. The van der Waals surface area contributed by atoms with E-state index in [4.69, 9.17) is 0 Å². The van der Waals surface area contributed by atoms with Crippen LogP contribution >= 0.6 is 0 Å². The van der Waals surface area contributed by atoms with Gasteiger partial charge in [0.15, 0.2) is 0 Å². The molecule has 2 amide bonds. The second-order valence-corrected chi connectivity index (χ2v) is 7.99. The minimum Gasteiger partial charge on any atom is -0.354 e. The number of rotatable bonds is 5. The third-order valence-corrected chi connectivity index (χ3v) is 6.44. The van der Waals surface area contributed by atoms with E-state index in [1.54, 1.807) is 0 Å². The maximum absolute atomic E-state index is 13.1. The van der Waals surface area contributed by atoms with Crippen LogP contribution in [-0.4, -0.2) is 48.9 Å². The van der Waals surface area contributed by atoms with Crippen molar-refractivity contribution in [3.8, 4) is 0 Å². The first-order valence-corrected chi connectivity index (χ1v) is 9.95. The van der Waals surface area contributed by atoms with E-state index in [0.717, 1.165) is 64.6 Å². The minimum atomic E-state index is -0.0844. The second-order valence-electron chi connectivity index (χ2n) is 7.99. The van der Waals surface area contributed by atoms with Crippen molar-refractivity contribution in [2.75, 3.05) is 26.2 Å². The Morgan fingerprint density at radius 2 is 1.96 bits per heavy atom. The number of nitrogens with one attached hydrogen (secondary N) is 2. The van der Waals surface area contributed by atoms with E-state index in [9.17, 15) is 9.59 Å². The van der Waals surface area contributed by atoms with Crippen LogP contribution in [0.25, 0.3) is 0 Å². The Balaban J connectivity index is 1.50. The minimum absolute atomic E-state index is 0.00632. The van der Waals surface area contributed by atoms with Gasteiger partial charge >= 0.3 is 0 Å². The maximum Gasteiger partial charge on any atom is 0.237 e. The van der Waals surface area contributed by atoms with Gasteiger partial charge in [-0.3, -0.25) is 9.59 Å². The van der Waals surface area contributed by atoms with Gasteiger partial charge in [0, 0.05) is 25.0 Å². The molecule has 5 heteroatoms. The molecule has 3 aliphatic rings. The van der Waals surface area contributed by atoms with Crippen LogP contribution in [0.15, 0.2) is 0 Å². The Bertz CT molecular complexity index is 454. The smallest absolute Gasteiger partial charge is 0.237 e. The summed E-state index contributed by atoms with van der Waals surface area (Å²) in [6, 6.07) is -0.00632. The molecule has 0 bridgehead atoms. The standard InChI is InChI=1S/C19H33N3O2/c1-2-19(9-3-4-10-19)18(24)22-12-6-7-15(14-22)13-21-17(23)16-8-5-11-20-16/h15-16,20H,2-14H2,1H3,(H,21,23). The number of carbonyl (C=O) groups is 2. The summed E-state index contributed by atoms with van der Waals surface area (Å²) in [6.07, 6.45) is 9.69. The van der Waals surface area contributed by atoms with E-state index in [1.165, 1.54) is 12.8 Å². The molecule has 3 rings (SSSR count). The Labute approximate surface area is 145 Å². The predicted octanol–water partition coefficient (Wildman–Crippen LogP) is 2.06. The summed E-state index contributed by atoms with van der Waals surface area (Å²) in [5.74, 6) is 0.927. The molecule has 136 valence electrons. The van der Waals surface area contributed by atoms with E-state index in [2.05, 4.69) is 22.5 Å². The topological polar surface area (TPSA) is 61.4 Å². The number of hydrogen-bond acceptors (Lipinski definition) is 3. The average Bonchev–Trinajstić information content (AvgIpc) is 3.31. The van der Waals surface area contributed by atoms with Crippen LogP contribution in [0.2, 0.25) is 0 Å². The highest BCUT2D eigenvalue weighted by Gasteiger charge is 2.42. The maximum atomic E-state index is 13.1. The zero-order valence-corrected chi connectivity index (χ0v) is 15.1. The number of likely N-dealkylation sites (tertiary alicyclic amines) is 1. The highest BCUT2D eigenvalue weighted by Crippen LogP contribution is 2.43. The molecule has 1 aliphatic carbocycles. The first-order chi connectivity index (χ1) is 11.6. The van der Waals surface area contributed by atoms with Gasteiger partial charge in [0.25, 0.3) is 0 Å². The monoisotopic (exact) mass is 335 g/mol. The van der Waals surface area contributed by atoms with Gasteiger partial charge < -0.3 is 15.5 Å². The molecule has 2 saturated heterocycles. The summed E-state index contributed by atoms with van der Waals surface area (Å²) < 4.78 is 0. The molecule has 2 unspecified atom stereocenters. The van der Waals surface area contributed by atoms with Gasteiger partial charge in [0.05, 0.1) is 6.04 Å². The van der Waals surface area contributed by atoms with Crippen LogP contribution in [-0.2, 0) is 9.59 Å². The molecule has 1 saturated carbocycles. The number of piperidine rings is 1. The Kier molecular flexibility index (Phi) is 5.80. The lowest BCUT2D eigenvalue weighted by Crippen LogP contribution is -2.50. The molecule has 0 radical (unpaired) electrons. The molecular formula is C19H33N3O2. The van der Waals surface area contributed by atoms with Gasteiger partial charge in [0.1, 0.15) is 0 Å². The van der Waals surface area contributed by atoms with Crippen molar-refractivity contribution < 1.29 is 9.59 Å². The van der Waals surface area contributed by atoms with Crippen molar-refractivity contribution in [3.05, 3.63) is 0 Å². The van der Waals surface area contributed by atoms with Crippen molar-refractivity contribution in [1.29, 1.82) is 0 Å². The quantitative estimate of drug-likeness (QED) is 0.808. The van der Waals surface area contributed by atoms with Crippen LogP contribution in [0.4, 0.5) is 0 Å². The lowest BCUT2D eigenvalue weighted by Gasteiger charge is -2.39. The highest BCUT2D eigenvalue weighted by molar-refractivity contribution is 5.83. The molecule has 5 nitrogen and oxygen atoms in total. The zero-order valence-electron chi connectivity index (χ0n) is 15.1. The zero-order chi connectivity index (χ0) is 17.0. The Morgan fingerprint density at radius 1 is 1.17 bits per heavy atom. The average molecular weight is 335 g/mol. The summed E-state index contributed by atoms with van der Waals surface area (Å²) in [5.41, 5.74) is -0.0844. The van der Waals surface area contributed by atoms with Crippen molar-refractivity contribution >= 4 is 11.8 Å². The first kappa shape index (κ1) is 17.7.